The van der Waals surface area contributed by atoms with Crippen LogP contribution in [0.1, 0.15) is 99.3 Å². The van der Waals surface area contributed by atoms with Gasteiger partial charge in [-0.05, 0) is 59.3 Å². The minimum Gasteiger partial charge on any atom is -0.756 e. The molecule has 1 heterocycles. The van der Waals surface area contributed by atoms with Crippen molar-refractivity contribution in [1.29, 1.82) is 0 Å². The Labute approximate surface area is 349 Å². The predicted octanol–water partition coefficient (Wildman–Crippen LogP) is 1.47. The van der Waals surface area contributed by atoms with Gasteiger partial charge in [0.25, 0.3) is 0 Å². The lowest BCUT2D eigenvalue weighted by Gasteiger charge is -2.28. The fourth-order valence-electron chi connectivity index (χ4n) is 5.44. The van der Waals surface area contributed by atoms with Crippen molar-refractivity contribution in [2.75, 3.05) is 39.5 Å². The average molecular weight is 850 g/mol. The van der Waals surface area contributed by atoms with Crippen molar-refractivity contribution in [3.05, 3.63) is 50.6 Å². The Balaban J connectivity index is 3.15. The number of carbonyl (C=O) groups excluding carboxylic acids is 9. The van der Waals surface area contributed by atoms with Crippen LogP contribution in [0.2, 0.25) is 0 Å². The number of nitrogens with one attached hydrogen (secondary N) is 3. The molecule has 1 aliphatic rings. The molecule has 1 rings (SSSR count). The molecular weight excluding hydrogens is 792 g/mol. The molecule has 0 bridgehead atoms. The SMILES string of the molecule is CC(=O)N[C@H]1CCCN([O-])C(=O)/C=C(\C)CCOC(=O)[C@@H](NC(C)=O)CCCN([O-])C(=O)/C=C(\C)CCOC(=O)[C@@H](NC(C)=O)CCCN([O-])C(=O)C=C(C)CCOC1=O. The number of hydrogen-bond acceptors (Lipinski definition) is 15. The van der Waals surface area contributed by atoms with E-state index in [9.17, 15) is 58.8 Å². The summed E-state index contributed by atoms with van der Waals surface area (Å²) in [5.41, 5.74) is 1.16. The van der Waals surface area contributed by atoms with E-state index in [1.54, 1.807) is 0 Å². The summed E-state index contributed by atoms with van der Waals surface area (Å²) in [5.74, 6) is -6.86. The highest BCUT2D eigenvalue weighted by Gasteiger charge is 2.24. The summed E-state index contributed by atoms with van der Waals surface area (Å²) in [6, 6.07) is -3.46. The van der Waals surface area contributed by atoms with Gasteiger partial charge >= 0.3 is 17.9 Å². The second-order valence-corrected chi connectivity index (χ2v) is 14.2. The van der Waals surface area contributed by atoms with Crippen LogP contribution in [0.25, 0.3) is 0 Å². The Hall–Kier alpha value is -5.67. The molecule has 0 aromatic carbocycles. The summed E-state index contributed by atoms with van der Waals surface area (Å²) in [6.45, 7) is 6.46. The maximum atomic E-state index is 12.8. The summed E-state index contributed by atoms with van der Waals surface area (Å²) in [6.07, 6.45) is 3.14. The standard InChI is InChI=1S/C39H57N6O15/c1-25-13-19-58-37(52)31(40-28(4)46)11-8-17-44(56)35(50)23-27(3)15-21-60-39(54)33(42-30(6)48)12-9-18-45(57)36(51)24-26(2)14-20-59-38(53)32(41-29(5)47)10-7-16-43(55)34(49)22-25/h22-24,31-33H,7-21H2,1-6H3,(H,40,46)(H,41,47)(H,42,48)/q-3/b25-22+,26-24+,27-23?/t31-,32-,33-/m0/s1. The Morgan fingerprint density at radius 3 is 0.950 bits per heavy atom. The van der Waals surface area contributed by atoms with E-state index in [1.807, 2.05) is 0 Å². The quantitative estimate of drug-likeness (QED) is 0.268. The topological polar surface area (TPSA) is 296 Å². The third-order valence-electron chi connectivity index (χ3n) is 8.62. The van der Waals surface area contributed by atoms with Crippen LogP contribution in [0.5, 0.6) is 0 Å². The second kappa shape index (κ2) is 27.9. The molecule has 336 valence electrons. The summed E-state index contributed by atoms with van der Waals surface area (Å²) in [5, 5.41) is 45.2. The van der Waals surface area contributed by atoms with Gasteiger partial charge < -0.3 is 61.0 Å². The van der Waals surface area contributed by atoms with Crippen LogP contribution in [0, 0.1) is 15.6 Å². The average Bonchev–Trinajstić information content (AvgIpc) is 3.15. The molecular formula is C39H57N6O15-3. The van der Waals surface area contributed by atoms with Gasteiger partial charge in [0, 0.05) is 77.9 Å². The molecule has 0 spiro atoms. The molecule has 60 heavy (non-hydrogen) atoms. The fraction of sp³-hybridized carbons (Fsp3) is 0.615. The van der Waals surface area contributed by atoms with E-state index >= 15 is 0 Å². The minimum absolute atomic E-state index is 0.00154. The minimum atomic E-state index is -1.15. The normalized spacial score (nSPS) is 24.0. The van der Waals surface area contributed by atoms with Crippen LogP contribution in [0.3, 0.4) is 0 Å². The lowest BCUT2D eigenvalue weighted by molar-refractivity contribution is -0.148. The monoisotopic (exact) mass is 849 g/mol. The van der Waals surface area contributed by atoms with Crippen molar-refractivity contribution in [3.8, 4) is 0 Å². The van der Waals surface area contributed by atoms with E-state index < -0.39 is 71.5 Å². The van der Waals surface area contributed by atoms with Gasteiger partial charge in [-0.2, -0.15) is 0 Å². The van der Waals surface area contributed by atoms with Crippen molar-refractivity contribution in [2.24, 2.45) is 0 Å². The van der Waals surface area contributed by atoms with Crippen molar-refractivity contribution in [3.63, 3.8) is 0 Å². The van der Waals surface area contributed by atoms with E-state index in [4.69, 9.17) is 14.2 Å². The number of nitrogens with zero attached hydrogens (tertiary/aromatic N) is 3. The third-order valence-corrected chi connectivity index (χ3v) is 8.62. The molecule has 3 atom stereocenters. The Kier molecular flexibility index (Phi) is 24.4. The molecule has 0 saturated carbocycles. The third kappa shape index (κ3) is 22.5. The molecule has 0 aliphatic carbocycles. The van der Waals surface area contributed by atoms with Gasteiger partial charge in [-0.3, -0.25) is 28.8 Å². The largest absolute Gasteiger partial charge is 0.756 e. The highest BCUT2D eigenvalue weighted by Crippen LogP contribution is 2.11. The van der Waals surface area contributed by atoms with Crippen LogP contribution in [-0.2, 0) is 57.4 Å². The van der Waals surface area contributed by atoms with E-state index in [2.05, 4.69) is 16.0 Å². The Morgan fingerprint density at radius 1 is 0.500 bits per heavy atom. The molecule has 0 unspecified atom stereocenters. The highest BCUT2D eigenvalue weighted by atomic mass is 16.5. The van der Waals surface area contributed by atoms with E-state index in [0.717, 1.165) is 18.2 Å². The number of cyclic esters (lactones) is 3. The summed E-state index contributed by atoms with van der Waals surface area (Å²) in [4.78, 5) is 111. The predicted molar refractivity (Wildman–Crippen MR) is 214 cm³/mol. The molecule has 6 amide bonds. The number of ether oxygens (including phenoxy) is 3. The maximum absolute atomic E-state index is 12.8. The van der Waals surface area contributed by atoms with Crippen LogP contribution >= 0.6 is 0 Å². The first-order valence-electron chi connectivity index (χ1n) is 19.5. The number of carbonyl (C=O) groups is 9. The number of esters is 3. The first kappa shape index (κ1) is 52.3. The first-order valence-corrected chi connectivity index (χ1v) is 19.5. The fourth-order valence-corrected chi connectivity index (χ4v) is 5.44. The lowest BCUT2D eigenvalue weighted by Crippen LogP contribution is -2.41. The summed E-state index contributed by atoms with van der Waals surface area (Å²) >= 11 is 0. The van der Waals surface area contributed by atoms with Gasteiger partial charge in [-0.1, -0.05) is 16.7 Å². The van der Waals surface area contributed by atoms with Gasteiger partial charge in [0.15, 0.2) is 0 Å². The van der Waals surface area contributed by atoms with Crippen molar-refractivity contribution in [1.82, 2.24) is 31.1 Å². The highest BCUT2D eigenvalue weighted by molar-refractivity contribution is 5.90. The van der Waals surface area contributed by atoms with Crippen LogP contribution in [-0.4, -0.2) is 126 Å². The Morgan fingerprint density at radius 2 is 0.733 bits per heavy atom. The molecule has 3 N–H and O–H groups in total. The zero-order valence-corrected chi connectivity index (χ0v) is 35.0. The summed E-state index contributed by atoms with van der Waals surface area (Å²) in [7, 11) is 0. The molecule has 0 saturated heterocycles. The van der Waals surface area contributed by atoms with Gasteiger partial charge in [-0.15, -0.1) is 0 Å². The number of rotatable bonds is 3. The summed E-state index contributed by atoms with van der Waals surface area (Å²) < 4.78 is 15.8. The van der Waals surface area contributed by atoms with E-state index in [0.29, 0.717) is 16.7 Å². The van der Waals surface area contributed by atoms with Gasteiger partial charge in [0.05, 0.1) is 19.8 Å². The van der Waals surface area contributed by atoms with Crippen LogP contribution < -0.4 is 16.0 Å². The lowest BCUT2D eigenvalue weighted by atomic mass is 10.1. The first-order chi connectivity index (χ1) is 28.2. The molecule has 21 heteroatoms. The second-order valence-electron chi connectivity index (χ2n) is 14.2. The van der Waals surface area contributed by atoms with Crippen LogP contribution in [0.15, 0.2) is 34.9 Å². The van der Waals surface area contributed by atoms with Gasteiger partial charge in [0.2, 0.25) is 35.4 Å². The Bertz CT molecular complexity index is 1440. The number of hydrogen-bond donors (Lipinski definition) is 3. The van der Waals surface area contributed by atoms with Crippen molar-refractivity contribution >= 4 is 53.4 Å². The molecule has 0 aromatic heterocycles. The van der Waals surface area contributed by atoms with E-state index in [1.165, 1.54) is 41.5 Å². The zero-order chi connectivity index (χ0) is 45.4. The molecule has 0 aromatic rings. The molecule has 0 fully saturated rings. The van der Waals surface area contributed by atoms with Gasteiger partial charge in [0.1, 0.15) is 18.1 Å². The number of hydroxylamine groups is 6. The maximum Gasteiger partial charge on any atom is 0.328 e. The van der Waals surface area contributed by atoms with Crippen LogP contribution in [0.4, 0.5) is 0 Å². The van der Waals surface area contributed by atoms with Crippen molar-refractivity contribution < 1.29 is 57.4 Å². The smallest absolute Gasteiger partial charge is 0.328 e. The number of amides is 6. The van der Waals surface area contributed by atoms with Gasteiger partial charge in [-0.25, -0.2) is 14.4 Å². The zero-order valence-electron chi connectivity index (χ0n) is 35.0. The van der Waals surface area contributed by atoms with E-state index in [-0.39, 0.29) is 112 Å². The molecule has 21 nitrogen and oxygen atoms in total. The van der Waals surface area contributed by atoms with Crippen molar-refractivity contribution in [2.45, 2.75) is 117 Å². The molecule has 0 radical (unpaired) electrons. The molecule has 1 aliphatic heterocycles.